The number of rotatable bonds is 5. The summed E-state index contributed by atoms with van der Waals surface area (Å²) < 4.78 is 21.1. The van der Waals surface area contributed by atoms with Crippen LogP contribution in [0.25, 0.3) is 10.9 Å². The van der Waals surface area contributed by atoms with Gasteiger partial charge in [0, 0.05) is 10.6 Å². The number of ether oxygens (including phenoxy) is 1. The fourth-order valence-electron chi connectivity index (χ4n) is 2.82. The van der Waals surface area contributed by atoms with Gasteiger partial charge in [0.15, 0.2) is 0 Å². The normalized spacial score (nSPS) is 10.9. The minimum absolute atomic E-state index is 0.136. The van der Waals surface area contributed by atoms with Crippen LogP contribution in [-0.4, -0.2) is 21.7 Å². The topological polar surface area (TPSA) is 70.3 Å². The molecule has 140 valence electrons. The highest BCUT2D eigenvalue weighted by atomic mass is 35.5. The van der Waals surface area contributed by atoms with E-state index in [1.54, 1.807) is 31.2 Å². The molecule has 0 N–H and O–H groups in total. The van der Waals surface area contributed by atoms with Crippen LogP contribution in [0.3, 0.4) is 0 Å². The van der Waals surface area contributed by atoms with Crippen LogP contribution in [0.15, 0.2) is 52.1 Å². The number of carbonyl (C=O) groups is 1. The Hall–Kier alpha value is -2.93. The molecule has 27 heavy (non-hydrogen) atoms. The number of carbonyl (C=O) groups excluding carboxylic acids is 1. The van der Waals surface area contributed by atoms with E-state index in [4.69, 9.17) is 16.3 Å². The molecule has 0 unspecified atom stereocenters. The molecule has 0 radical (unpaired) electrons. The smallest absolute Gasteiger partial charge is 0.332 e. The Labute approximate surface area is 158 Å². The van der Waals surface area contributed by atoms with Crippen LogP contribution in [0.5, 0.6) is 0 Å². The lowest BCUT2D eigenvalue weighted by molar-refractivity contribution is -0.143. The molecule has 3 aromatic rings. The molecular formula is C19H16ClFN2O4. The van der Waals surface area contributed by atoms with Crippen molar-refractivity contribution in [3.63, 3.8) is 0 Å². The fraction of sp³-hybridized carbons (Fsp3) is 0.211. The van der Waals surface area contributed by atoms with Gasteiger partial charge in [-0.15, -0.1) is 0 Å². The number of benzene rings is 2. The Balaban J connectivity index is 2.19. The molecule has 0 saturated carbocycles. The van der Waals surface area contributed by atoms with Gasteiger partial charge in [0.05, 0.1) is 24.1 Å². The Morgan fingerprint density at radius 3 is 2.59 bits per heavy atom. The van der Waals surface area contributed by atoms with Crippen molar-refractivity contribution in [1.29, 1.82) is 0 Å². The summed E-state index contributed by atoms with van der Waals surface area (Å²) >= 11 is 5.75. The lowest BCUT2D eigenvalue weighted by atomic mass is 10.2. The van der Waals surface area contributed by atoms with Crippen molar-refractivity contribution in [1.82, 2.24) is 9.13 Å². The number of aromatic nitrogens is 2. The minimum atomic E-state index is -0.721. The molecule has 0 saturated heterocycles. The summed E-state index contributed by atoms with van der Waals surface area (Å²) in [5, 5.41) is 0.456. The van der Waals surface area contributed by atoms with Crippen molar-refractivity contribution >= 4 is 28.5 Å². The zero-order chi connectivity index (χ0) is 19.6. The monoisotopic (exact) mass is 390 g/mol. The summed E-state index contributed by atoms with van der Waals surface area (Å²) in [6, 6.07) is 10.4. The average Bonchev–Trinajstić information content (AvgIpc) is 2.64. The van der Waals surface area contributed by atoms with Gasteiger partial charge >= 0.3 is 11.7 Å². The number of para-hydroxylation sites is 1. The van der Waals surface area contributed by atoms with Gasteiger partial charge in [0.25, 0.3) is 5.56 Å². The van der Waals surface area contributed by atoms with Gasteiger partial charge < -0.3 is 4.74 Å². The van der Waals surface area contributed by atoms with Gasteiger partial charge in [-0.2, -0.15) is 0 Å². The second-order valence-corrected chi connectivity index (χ2v) is 6.25. The Kier molecular flexibility index (Phi) is 5.41. The molecule has 0 spiro atoms. The number of nitrogens with zero attached hydrogens (tertiary/aromatic N) is 2. The first-order chi connectivity index (χ1) is 12.9. The molecule has 6 nitrogen and oxygen atoms in total. The summed E-state index contributed by atoms with van der Waals surface area (Å²) in [5.74, 6) is -1.23. The quantitative estimate of drug-likeness (QED) is 0.628. The van der Waals surface area contributed by atoms with Crippen molar-refractivity contribution in [3.05, 3.63) is 79.7 Å². The van der Waals surface area contributed by atoms with E-state index in [2.05, 4.69) is 0 Å². The predicted molar refractivity (Wildman–Crippen MR) is 99.6 cm³/mol. The number of halogens is 2. The molecule has 0 atom stereocenters. The molecule has 0 fully saturated rings. The third kappa shape index (κ3) is 3.78. The van der Waals surface area contributed by atoms with E-state index in [1.807, 2.05) is 0 Å². The highest BCUT2D eigenvalue weighted by Crippen LogP contribution is 2.15. The molecule has 1 heterocycles. The number of esters is 1. The van der Waals surface area contributed by atoms with E-state index < -0.39 is 23.0 Å². The maximum Gasteiger partial charge on any atom is 0.332 e. The SMILES string of the molecule is CCOC(=O)Cn1c(=O)n(Cc2ccc(Cl)cc2F)c(=O)c2ccccc21. The second kappa shape index (κ2) is 7.75. The second-order valence-electron chi connectivity index (χ2n) is 5.82. The van der Waals surface area contributed by atoms with Crippen LogP contribution in [0.4, 0.5) is 4.39 Å². The number of hydrogen-bond donors (Lipinski definition) is 0. The lowest BCUT2D eigenvalue weighted by Crippen LogP contribution is -2.41. The molecule has 8 heteroatoms. The summed E-state index contributed by atoms with van der Waals surface area (Å²) in [7, 11) is 0. The molecule has 0 aliphatic carbocycles. The Bertz CT molecular complexity index is 1140. The van der Waals surface area contributed by atoms with Crippen molar-refractivity contribution < 1.29 is 13.9 Å². The first-order valence-corrected chi connectivity index (χ1v) is 8.62. The average molecular weight is 391 g/mol. The van der Waals surface area contributed by atoms with E-state index in [0.29, 0.717) is 5.52 Å². The van der Waals surface area contributed by atoms with E-state index in [-0.39, 0.29) is 35.7 Å². The van der Waals surface area contributed by atoms with Crippen LogP contribution >= 0.6 is 11.6 Å². The highest BCUT2D eigenvalue weighted by molar-refractivity contribution is 6.30. The summed E-state index contributed by atoms with van der Waals surface area (Å²) in [4.78, 5) is 37.6. The van der Waals surface area contributed by atoms with Gasteiger partial charge in [0.1, 0.15) is 12.4 Å². The zero-order valence-corrected chi connectivity index (χ0v) is 15.2. The molecule has 0 amide bonds. The van der Waals surface area contributed by atoms with Gasteiger partial charge in [-0.1, -0.05) is 29.8 Å². The summed E-state index contributed by atoms with van der Waals surface area (Å²) in [5.41, 5.74) is -0.837. The van der Waals surface area contributed by atoms with E-state index >= 15 is 0 Å². The number of fused-ring (bicyclic) bond motifs is 1. The maximum absolute atomic E-state index is 14.1. The van der Waals surface area contributed by atoms with Crippen LogP contribution in [0.1, 0.15) is 12.5 Å². The molecule has 2 aromatic carbocycles. The first kappa shape index (κ1) is 18.8. The summed E-state index contributed by atoms with van der Waals surface area (Å²) in [6.07, 6.45) is 0. The van der Waals surface area contributed by atoms with Gasteiger partial charge in [-0.25, -0.2) is 9.18 Å². The largest absolute Gasteiger partial charge is 0.465 e. The third-order valence-electron chi connectivity index (χ3n) is 4.07. The highest BCUT2D eigenvalue weighted by Gasteiger charge is 2.17. The Morgan fingerprint density at radius 2 is 1.89 bits per heavy atom. The molecule has 3 rings (SSSR count). The van der Waals surface area contributed by atoms with Crippen molar-refractivity contribution in [3.8, 4) is 0 Å². The van der Waals surface area contributed by atoms with E-state index in [0.717, 1.165) is 15.2 Å². The van der Waals surface area contributed by atoms with Crippen molar-refractivity contribution in [2.24, 2.45) is 0 Å². The predicted octanol–water partition coefficient (Wildman–Crippen LogP) is 2.57. The van der Waals surface area contributed by atoms with Crippen LogP contribution in [0.2, 0.25) is 5.02 Å². The fourth-order valence-corrected chi connectivity index (χ4v) is 2.98. The van der Waals surface area contributed by atoms with Gasteiger partial charge in [-0.3, -0.25) is 18.7 Å². The van der Waals surface area contributed by atoms with Crippen molar-refractivity contribution in [2.45, 2.75) is 20.0 Å². The summed E-state index contributed by atoms with van der Waals surface area (Å²) in [6.45, 7) is 1.19. The van der Waals surface area contributed by atoms with Crippen molar-refractivity contribution in [2.75, 3.05) is 6.61 Å². The maximum atomic E-state index is 14.1. The lowest BCUT2D eigenvalue weighted by Gasteiger charge is -2.14. The standard InChI is InChI=1S/C19H16ClFN2O4/c1-2-27-17(24)11-22-16-6-4-3-5-14(16)18(25)23(19(22)26)10-12-7-8-13(20)9-15(12)21/h3-9H,2,10-11H2,1H3. The van der Waals surface area contributed by atoms with Crippen LogP contribution in [0, 0.1) is 5.82 Å². The molecule has 0 aliphatic rings. The van der Waals surface area contributed by atoms with E-state index in [9.17, 15) is 18.8 Å². The first-order valence-electron chi connectivity index (χ1n) is 8.24. The molecule has 1 aromatic heterocycles. The van der Waals surface area contributed by atoms with Crippen LogP contribution < -0.4 is 11.2 Å². The molecule has 0 bridgehead atoms. The zero-order valence-electron chi connectivity index (χ0n) is 14.4. The van der Waals surface area contributed by atoms with Crippen LogP contribution in [-0.2, 0) is 22.6 Å². The van der Waals surface area contributed by atoms with Gasteiger partial charge in [0.2, 0.25) is 0 Å². The Morgan fingerprint density at radius 1 is 1.15 bits per heavy atom. The third-order valence-corrected chi connectivity index (χ3v) is 4.30. The van der Waals surface area contributed by atoms with E-state index in [1.165, 1.54) is 12.1 Å². The molecule has 0 aliphatic heterocycles. The number of hydrogen-bond acceptors (Lipinski definition) is 4. The molecular weight excluding hydrogens is 375 g/mol. The minimum Gasteiger partial charge on any atom is -0.465 e. The van der Waals surface area contributed by atoms with Gasteiger partial charge in [-0.05, 0) is 31.2 Å².